The minimum Gasteiger partial charge on any atom is -0.502 e. The van der Waals surface area contributed by atoms with Gasteiger partial charge < -0.3 is 10.4 Å². The van der Waals surface area contributed by atoms with Crippen molar-refractivity contribution >= 4 is 41.0 Å². The Labute approximate surface area is 146 Å². The summed E-state index contributed by atoms with van der Waals surface area (Å²) in [6.45, 7) is 0. The van der Waals surface area contributed by atoms with Gasteiger partial charge in [0.25, 0.3) is 0 Å². The lowest BCUT2D eigenvalue weighted by Gasteiger charge is -2.04. The number of phenolic OH excluding ortho intramolecular Hbond substituents is 1. The van der Waals surface area contributed by atoms with Gasteiger partial charge in [-0.25, -0.2) is 5.43 Å². The molecule has 0 heterocycles. The standard InChI is InChI=1S/C15H11ClN4O5/c16-10-2-1-3-11(7-10)18-14(22)15(23)19-17-8-9-4-5-13(21)12(6-9)20(24)25/h1-8,21H,(H,18,22)(H,19,23)/b17-8-. The van der Waals surface area contributed by atoms with Gasteiger partial charge in [0.15, 0.2) is 5.75 Å². The molecular weight excluding hydrogens is 352 g/mol. The molecule has 2 amide bonds. The predicted octanol–water partition coefficient (Wildman–Crippen LogP) is 2.04. The monoisotopic (exact) mass is 362 g/mol. The largest absolute Gasteiger partial charge is 0.502 e. The van der Waals surface area contributed by atoms with E-state index in [4.69, 9.17) is 11.6 Å². The van der Waals surface area contributed by atoms with Crippen LogP contribution < -0.4 is 10.7 Å². The van der Waals surface area contributed by atoms with Gasteiger partial charge in [-0.1, -0.05) is 17.7 Å². The van der Waals surface area contributed by atoms with Crippen molar-refractivity contribution in [3.05, 3.63) is 63.2 Å². The highest BCUT2D eigenvalue weighted by atomic mass is 35.5. The molecule has 128 valence electrons. The number of anilines is 1. The van der Waals surface area contributed by atoms with E-state index in [1.54, 1.807) is 18.2 Å². The number of nitro groups is 1. The molecule has 9 nitrogen and oxygen atoms in total. The number of carbonyl (C=O) groups is 2. The molecule has 2 aromatic carbocycles. The van der Waals surface area contributed by atoms with Gasteiger partial charge in [-0.05, 0) is 30.3 Å². The Bertz CT molecular complexity index is 869. The van der Waals surface area contributed by atoms with Crippen molar-refractivity contribution in [1.29, 1.82) is 0 Å². The number of rotatable bonds is 4. The summed E-state index contributed by atoms with van der Waals surface area (Å²) in [5.41, 5.74) is 2.07. The lowest BCUT2D eigenvalue weighted by molar-refractivity contribution is -0.385. The summed E-state index contributed by atoms with van der Waals surface area (Å²) < 4.78 is 0. The van der Waals surface area contributed by atoms with Gasteiger partial charge in [-0.15, -0.1) is 0 Å². The maximum absolute atomic E-state index is 11.7. The third kappa shape index (κ3) is 5.01. The first-order valence-electron chi connectivity index (χ1n) is 6.74. The van der Waals surface area contributed by atoms with Gasteiger partial charge in [0.2, 0.25) is 0 Å². The van der Waals surface area contributed by atoms with E-state index in [0.717, 1.165) is 18.3 Å². The number of hydrogen-bond acceptors (Lipinski definition) is 6. The van der Waals surface area contributed by atoms with Crippen LogP contribution in [0.25, 0.3) is 0 Å². The number of hydrogen-bond donors (Lipinski definition) is 3. The van der Waals surface area contributed by atoms with Crippen molar-refractivity contribution < 1.29 is 19.6 Å². The van der Waals surface area contributed by atoms with Crippen LogP contribution in [0.15, 0.2) is 47.6 Å². The van der Waals surface area contributed by atoms with Crippen molar-refractivity contribution in [3.8, 4) is 5.75 Å². The summed E-state index contributed by atoms with van der Waals surface area (Å²) in [6, 6.07) is 9.76. The van der Waals surface area contributed by atoms with Crippen LogP contribution in [0.1, 0.15) is 5.56 Å². The van der Waals surface area contributed by atoms with E-state index in [2.05, 4.69) is 10.4 Å². The van der Waals surface area contributed by atoms with E-state index in [9.17, 15) is 24.8 Å². The second kappa shape index (κ2) is 7.88. The molecule has 0 radical (unpaired) electrons. The number of phenols is 1. The zero-order chi connectivity index (χ0) is 18.4. The number of aromatic hydroxyl groups is 1. The van der Waals surface area contributed by atoms with Gasteiger partial charge in [-0.3, -0.25) is 19.7 Å². The lowest BCUT2D eigenvalue weighted by Crippen LogP contribution is -2.32. The summed E-state index contributed by atoms with van der Waals surface area (Å²) in [7, 11) is 0. The highest BCUT2D eigenvalue weighted by Crippen LogP contribution is 2.25. The van der Waals surface area contributed by atoms with Crippen LogP contribution in [0.4, 0.5) is 11.4 Å². The second-order valence-electron chi connectivity index (χ2n) is 4.67. The van der Waals surface area contributed by atoms with Crippen molar-refractivity contribution in [2.45, 2.75) is 0 Å². The Morgan fingerprint density at radius 3 is 2.64 bits per heavy atom. The fourth-order valence-electron chi connectivity index (χ4n) is 1.74. The number of halogens is 1. The van der Waals surface area contributed by atoms with Crippen LogP contribution in [0.3, 0.4) is 0 Å². The lowest BCUT2D eigenvalue weighted by atomic mass is 10.2. The number of hydrazone groups is 1. The first kappa shape index (κ1) is 17.9. The molecule has 0 unspecified atom stereocenters. The Morgan fingerprint density at radius 1 is 1.20 bits per heavy atom. The molecule has 2 aromatic rings. The van der Waals surface area contributed by atoms with Crippen molar-refractivity contribution in [2.75, 3.05) is 5.32 Å². The predicted molar refractivity (Wildman–Crippen MR) is 90.6 cm³/mol. The number of amides is 2. The van der Waals surface area contributed by atoms with Crippen LogP contribution in [0.2, 0.25) is 5.02 Å². The second-order valence-corrected chi connectivity index (χ2v) is 5.11. The Kier molecular flexibility index (Phi) is 5.64. The van der Waals surface area contributed by atoms with E-state index in [-0.39, 0.29) is 5.56 Å². The fourth-order valence-corrected chi connectivity index (χ4v) is 1.93. The quantitative estimate of drug-likeness (QED) is 0.331. The average Bonchev–Trinajstić information content (AvgIpc) is 2.56. The zero-order valence-corrected chi connectivity index (χ0v) is 13.2. The van der Waals surface area contributed by atoms with Gasteiger partial charge >= 0.3 is 17.5 Å². The molecule has 3 N–H and O–H groups in total. The third-order valence-electron chi connectivity index (χ3n) is 2.86. The molecule has 0 bridgehead atoms. The maximum Gasteiger partial charge on any atom is 0.329 e. The van der Waals surface area contributed by atoms with Gasteiger partial charge in [0.05, 0.1) is 11.1 Å². The molecule has 0 saturated carbocycles. The van der Waals surface area contributed by atoms with Crippen molar-refractivity contribution in [1.82, 2.24) is 5.43 Å². The van der Waals surface area contributed by atoms with Gasteiger partial charge in [0, 0.05) is 22.3 Å². The topological polar surface area (TPSA) is 134 Å². The fraction of sp³-hybridized carbons (Fsp3) is 0. The first-order chi connectivity index (χ1) is 11.9. The molecule has 0 aliphatic carbocycles. The molecule has 0 aliphatic rings. The summed E-state index contributed by atoms with van der Waals surface area (Å²) in [5.74, 6) is -2.49. The minimum atomic E-state index is -1.04. The van der Waals surface area contributed by atoms with Crippen LogP contribution in [0, 0.1) is 10.1 Å². The van der Waals surface area contributed by atoms with E-state index in [1.807, 2.05) is 5.43 Å². The van der Waals surface area contributed by atoms with E-state index < -0.39 is 28.2 Å². The maximum atomic E-state index is 11.7. The Hall–Kier alpha value is -3.46. The molecule has 0 spiro atoms. The van der Waals surface area contributed by atoms with E-state index >= 15 is 0 Å². The molecule has 0 saturated heterocycles. The number of carbonyl (C=O) groups excluding carboxylic acids is 2. The Morgan fingerprint density at radius 2 is 1.96 bits per heavy atom. The molecule has 0 atom stereocenters. The number of nitro benzene ring substituents is 1. The van der Waals surface area contributed by atoms with Crippen molar-refractivity contribution in [2.24, 2.45) is 5.10 Å². The summed E-state index contributed by atoms with van der Waals surface area (Å²) >= 11 is 5.76. The molecule has 10 heteroatoms. The molecule has 0 aliphatic heterocycles. The minimum absolute atomic E-state index is 0.250. The third-order valence-corrected chi connectivity index (χ3v) is 3.10. The molecule has 0 aromatic heterocycles. The highest BCUT2D eigenvalue weighted by molar-refractivity contribution is 6.39. The summed E-state index contributed by atoms with van der Waals surface area (Å²) in [4.78, 5) is 33.3. The number of nitrogens with zero attached hydrogens (tertiary/aromatic N) is 2. The van der Waals surface area contributed by atoms with Crippen LogP contribution in [0.5, 0.6) is 5.75 Å². The highest BCUT2D eigenvalue weighted by Gasteiger charge is 2.14. The van der Waals surface area contributed by atoms with E-state index in [0.29, 0.717) is 10.7 Å². The smallest absolute Gasteiger partial charge is 0.329 e. The SMILES string of the molecule is O=C(N/N=C\c1ccc(O)c([N+](=O)[O-])c1)C(=O)Nc1cccc(Cl)c1. The van der Waals surface area contributed by atoms with Crippen LogP contribution in [-0.2, 0) is 9.59 Å². The normalized spacial score (nSPS) is 10.4. The number of benzene rings is 2. The number of nitrogens with one attached hydrogen (secondary N) is 2. The van der Waals surface area contributed by atoms with E-state index in [1.165, 1.54) is 12.1 Å². The molecular formula is C15H11ClN4O5. The molecule has 25 heavy (non-hydrogen) atoms. The zero-order valence-electron chi connectivity index (χ0n) is 12.5. The summed E-state index contributed by atoms with van der Waals surface area (Å²) in [6.07, 6.45) is 1.09. The molecule has 0 fully saturated rings. The molecule has 2 rings (SSSR count). The van der Waals surface area contributed by atoms with Gasteiger partial charge in [-0.2, -0.15) is 5.10 Å². The van der Waals surface area contributed by atoms with Crippen LogP contribution in [-0.4, -0.2) is 28.1 Å². The van der Waals surface area contributed by atoms with Crippen LogP contribution >= 0.6 is 11.6 Å². The average molecular weight is 363 g/mol. The Balaban J connectivity index is 1.97. The van der Waals surface area contributed by atoms with Gasteiger partial charge in [0.1, 0.15) is 0 Å². The van der Waals surface area contributed by atoms with Crippen molar-refractivity contribution in [3.63, 3.8) is 0 Å². The first-order valence-corrected chi connectivity index (χ1v) is 7.12. The summed E-state index contributed by atoms with van der Waals surface area (Å²) in [5, 5.41) is 26.3.